The van der Waals surface area contributed by atoms with Crippen molar-refractivity contribution in [1.29, 1.82) is 0 Å². The van der Waals surface area contributed by atoms with Crippen LogP contribution in [0.25, 0.3) is 0 Å². The molecule has 6 N–H and O–H groups in total. The van der Waals surface area contributed by atoms with E-state index < -0.39 is 22.7 Å². The van der Waals surface area contributed by atoms with Gasteiger partial charge in [0.05, 0.1) is 12.2 Å². The summed E-state index contributed by atoms with van der Waals surface area (Å²) in [7, 11) is 1.72. The van der Waals surface area contributed by atoms with Crippen LogP contribution in [0.5, 0.6) is 11.5 Å². The molecule has 0 radical (unpaired) electrons. The number of β-lactam (4-membered cyclic amide) rings is 1. The van der Waals surface area contributed by atoms with Gasteiger partial charge in [-0.05, 0) is 39.1 Å². The lowest BCUT2D eigenvalue weighted by Gasteiger charge is -2.43. The number of phenols is 2. The molecule has 0 aliphatic carbocycles. The van der Waals surface area contributed by atoms with Gasteiger partial charge in [-0.3, -0.25) is 9.59 Å². The molecule has 2 heterocycles. The summed E-state index contributed by atoms with van der Waals surface area (Å²) in [6.45, 7) is 3.67. The third-order valence-electron chi connectivity index (χ3n) is 4.61. The van der Waals surface area contributed by atoms with Crippen LogP contribution in [0, 0.1) is 0 Å². The smallest absolute Gasteiger partial charge is 0.327 e. The van der Waals surface area contributed by atoms with Crippen LogP contribution in [-0.4, -0.2) is 85.5 Å². The Balaban J connectivity index is 0.000000208. The quantitative estimate of drug-likeness (QED) is 0.270. The highest BCUT2D eigenvalue weighted by Gasteiger charge is 2.63. The highest BCUT2D eigenvalue weighted by Crippen LogP contribution is 2.50. The summed E-state index contributed by atoms with van der Waals surface area (Å²) in [4.78, 5) is 35.5. The van der Waals surface area contributed by atoms with Crippen molar-refractivity contribution in [1.82, 2.24) is 15.5 Å². The molecule has 10 nitrogen and oxygen atoms in total. The Morgan fingerprint density at radius 1 is 1.28 bits per heavy atom. The molecule has 3 atom stereocenters. The van der Waals surface area contributed by atoms with Crippen LogP contribution in [0.15, 0.2) is 18.2 Å². The van der Waals surface area contributed by atoms with E-state index in [0.29, 0.717) is 0 Å². The summed E-state index contributed by atoms with van der Waals surface area (Å²) < 4.78 is -0.419. The molecule has 3 unspecified atom stereocenters. The molecule has 11 heteroatoms. The summed E-state index contributed by atoms with van der Waals surface area (Å²) in [5.41, 5.74) is -0.0153. The number of benzene rings is 1. The largest absolute Gasteiger partial charge is 0.508 e. The molecule has 0 spiro atoms. The predicted octanol–water partition coefficient (Wildman–Crippen LogP) is -0.459. The third-order valence-corrected chi connectivity index (χ3v) is 6.18. The van der Waals surface area contributed by atoms with Crippen molar-refractivity contribution in [3.05, 3.63) is 23.8 Å². The zero-order valence-electron chi connectivity index (χ0n) is 16.2. The Hall–Kier alpha value is -2.50. The first-order valence-corrected chi connectivity index (χ1v) is 9.74. The molecular formula is C18H25N3O7S. The van der Waals surface area contributed by atoms with E-state index >= 15 is 0 Å². The number of likely N-dealkylation sites (N-methyl/N-ethyl adjacent to an activating group) is 1. The predicted molar refractivity (Wildman–Crippen MR) is 106 cm³/mol. The average molecular weight is 427 g/mol. The van der Waals surface area contributed by atoms with Gasteiger partial charge in [0.25, 0.3) is 5.91 Å². The number of carbonyl (C=O) groups excluding carboxylic acids is 2. The number of aliphatic carboxylic acids is 1. The first-order valence-electron chi connectivity index (χ1n) is 8.86. The van der Waals surface area contributed by atoms with Crippen LogP contribution in [0.3, 0.4) is 0 Å². The maximum absolute atomic E-state index is 11.7. The number of aliphatic hydroxyl groups excluding tert-OH is 1. The first kappa shape index (κ1) is 22.8. The topological polar surface area (TPSA) is 159 Å². The fourth-order valence-corrected chi connectivity index (χ4v) is 4.94. The zero-order valence-corrected chi connectivity index (χ0v) is 17.1. The fourth-order valence-electron chi connectivity index (χ4n) is 3.25. The minimum Gasteiger partial charge on any atom is -0.508 e. The maximum atomic E-state index is 11.7. The second-order valence-corrected chi connectivity index (χ2v) is 8.82. The summed E-state index contributed by atoms with van der Waals surface area (Å²) in [5.74, 6) is -1.87. The van der Waals surface area contributed by atoms with Crippen LogP contribution in [0.2, 0.25) is 0 Å². The van der Waals surface area contributed by atoms with Gasteiger partial charge in [0.1, 0.15) is 29.0 Å². The number of hydrogen-bond acceptors (Lipinski definition) is 8. The van der Waals surface area contributed by atoms with E-state index in [2.05, 4.69) is 10.6 Å². The molecule has 160 valence electrons. The van der Waals surface area contributed by atoms with Gasteiger partial charge in [0.2, 0.25) is 5.91 Å². The van der Waals surface area contributed by atoms with Gasteiger partial charge in [-0.15, -0.1) is 11.8 Å². The number of nitrogens with one attached hydrogen (secondary N) is 2. The standard InChI is InChI=1S/C9H14N2O3S.C9H11NO4/c1-9(2)5(8(13)14)11-6(12)4(10-3)7(11)15-9;11-4-3-10-9(14)7-5-6(12)1-2-8(7)13/h4-5,7,10H,1-3H3,(H,13,14);1-2,5,11-13H,3-4H2,(H,10,14). The van der Waals surface area contributed by atoms with Gasteiger partial charge in [0.15, 0.2) is 0 Å². The molecule has 1 aromatic rings. The Labute approximate surface area is 171 Å². The van der Waals surface area contributed by atoms with Crippen molar-refractivity contribution < 1.29 is 34.8 Å². The van der Waals surface area contributed by atoms with Crippen molar-refractivity contribution >= 4 is 29.5 Å². The van der Waals surface area contributed by atoms with Gasteiger partial charge >= 0.3 is 5.97 Å². The Morgan fingerprint density at radius 3 is 2.48 bits per heavy atom. The highest BCUT2D eigenvalue weighted by molar-refractivity contribution is 8.01. The minimum absolute atomic E-state index is 0.0153. The molecular weight excluding hydrogens is 402 g/mol. The summed E-state index contributed by atoms with van der Waals surface area (Å²) >= 11 is 1.55. The number of aromatic hydroxyl groups is 2. The molecule has 0 aromatic heterocycles. The molecule has 0 saturated carbocycles. The van der Waals surface area contributed by atoms with Crippen molar-refractivity contribution in [2.75, 3.05) is 20.2 Å². The van der Waals surface area contributed by atoms with Gasteiger partial charge in [0, 0.05) is 11.3 Å². The summed E-state index contributed by atoms with van der Waals surface area (Å²) in [5, 5.41) is 41.2. The lowest BCUT2D eigenvalue weighted by atomic mass is 9.96. The molecule has 2 saturated heterocycles. The van der Waals surface area contributed by atoms with Gasteiger partial charge < -0.3 is 36.0 Å². The second kappa shape index (κ2) is 8.89. The number of carboxylic acid groups (broad SMARTS) is 1. The number of thioether (sulfide) groups is 1. The zero-order chi connectivity index (χ0) is 21.9. The molecule has 29 heavy (non-hydrogen) atoms. The number of nitrogens with zero attached hydrogens (tertiary/aromatic N) is 1. The Bertz CT molecular complexity index is 802. The molecule has 1 aromatic carbocycles. The number of phenolic OH excluding ortho intramolecular Hbond substituents is 2. The van der Waals surface area contributed by atoms with E-state index in [0.717, 1.165) is 6.07 Å². The van der Waals surface area contributed by atoms with Crippen molar-refractivity contribution in [3.63, 3.8) is 0 Å². The number of amides is 2. The SMILES string of the molecule is CNC1C(=O)N2C1SC(C)(C)C2C(=O)O.O=C(NCCO)c1cc(O)ccc1O. The Morgan fingerprint density at radius 2 is 1.93 bits per heavy atom. The lowest BCUT2D eigenvalue weighted by molar-refractivity contribution is -0.160. The molecule has 2 fully saturated rings. The summed E-state index contributed by atoms with van der Waals surface area (Å²) in [6.07, 6.45) is 0. The van der Waals surface area contributed by atoms with Crippen LogP contribution in [-0.2, 0) is 9.59 Å². The van der Waals surface area contributed by atoms with Gasteiger partial charge in [-0.2, -0.15) is 0 Å². The highest BCUT2D eigenvalue weighted by atomic mass is 32.2. The van der Waals surface area contributed by atoms with Gasteiger partial charge in [-0.1, -0.05) is 0 Å². The van der Waals surface area contributed by atoms with Crippen molar-refractivity contribution in [3.8, 4) is 11.5 Å². The molecule has 3 rings (SSSR count). The van der Waals surface area contributed by atoms with Gasteiger partial charge in [-0.25, -0.2) is 4.79 Å². The number of carboxylic acids is 1. The third kappa shape index (κ3) is 4.57. The van der Waals surface area contributed by atoms with E-state index in [-0.39, 0.29) is 47.5 Å². The van der Waals surface area contributed by atoms with E-state index in [4.69, 9.17) is 15.3 Å². The molecule has 0 bridgehead atoms. The average Bonchev–Trinajstić information content (AvgIpc) is 2.90. The van der Waals surface area contributed by atoms with Crippen LogP contribution in [0.4, 0.5) is 0 Å². The Kier molecular flexibility index (Phi) is 6.98. The number of rotatable bonds is 5. The van der Waals surface area contributed by atoms with E-state index in [1.165, 1.54) is 17.0 Å². The molecule has 2 aliphatic heterocycles. The van der Waals surface area contributed by atoms with Crippen molar-refractivity contribution in [2.24, 2.45) is 0 Å². The summed E-state index contributed by atoms with van der Waals surface area (Å²) in [6, 6.07) is 2.73. The van der Waals surface area contributed by atoms with Crippen LogP contribution in [0.1, 0.15) is 24.2 Å². The number of fused-ring (bicyclic) bond motifs is 1. The van der Waals surface area contributed by atoms with E-state index in [1.54, 1.807) is 18.8 Å². The molecule has 2 amide bonds. The monoisotopic (exact) mass is 427 g/mol. The number of carbonyl (C=O) groups is 3. The maximum Gasteiger partial charge on any atom is 0.327 e. The first-order chi connectivity index (χ1) is 13.5. The van der Waals surface area contributed by atoms with E-state index in [9.17, 15) is 19.5 Å². The normalized spacial score (nSPS) is 24.1. The van der Waals surface area contributed by atoms with Crippen LogP contribution < -0.4 is 10.6 Å². The number of aliphatic hydroxyl groups is 1. The van der Waals surface area contributed by atoms with Crippen LogP contribution >= 0.6 is 11.8 Å². The van der Waals surface area contributed by atoms with Crippen molar-refractivity contribution in [2.45, 2.75) is 36.1 Å². The van der Waals surface area contributed by atoms with E-state index in [1.807, 2.05) is 13.8 Å². The fraction of sp³-hybridized carbons (Fsp3) is 0.500. The molecule has 2 aliphatic rings. The number of hydrogen-bond donors (Lipinski definition) is 6. The second-order valence-electron chi connectivity index (χ2n) is 7.05. The minimum atomic E-state index is -0.919. The lowest BCUT2D eigenvalue weighted by Crippen LogP contribution is -2.69.